The Labute approximate surface area is 414 Å². The van der Waals surface area contributed by atoms with E-state index in [0.717, 1.165) is 77.0 Å². The number of hydrogen-bond acceptors (Lipinski definition) is 6. The summed E-state index contributed by atoms with van der Waals surface area (Å²) < 4.78 is 16.8. The van der Waals surface area contributed by atoms with Crippen molar-refractivity contribution in [2.24, 2.45) is 0 Å². The Morgan fingerprint density at radius 3 is 1.00 bits per heavy atom. The van der Waals surface area contributed by atoms with E-state index in [9.17, 15) is 14.4 Å². The third-order valence-corrected chi connectivity index (χ3v) is 11.9. The van der Waals surface area contributed by atoms with Crippen molar-refractivity contribution in [1.29, 1.82) is 0 Å². The smallest absolute Gasteiger partial charge is 0.306 e. The summed E-state index contributed by atoms with van der Waals surface area (Å²) >= 11 is 0. The van der Waals surface area contributed by atoms with Gasteiger partial charge in [-0.1, -0.05) is 247 Å². The lowest BCUT2D eigenvalue weighted by Gasteiger charge is -2.18. The summed E-state index contributed by atoms with van der Waals surface area (Å²) in [4.78, 5) is 38.1. The number of esters is 3. The minimum Gasteiger partial charge on any atom is -0.462 e. The van der Waals surface area contributed by atoms with E-state index < -0.39 is 6.10 Å². The standard InChI is InChI=1S/C61H104O6/c1-4-7-10-13-16-19-22-25-27-29-30-32-34-37-39-42-45-48-51-54-60(63)66-57-58(67-61(64)55-52-49-46-43-40-35-24-21-18-15-12-9-6-3)56-65-59(62)53-50-47-44-41-38-36-33-31-28-26-23-20-17-14-11-8-5-2/h7,10,16,19,25-28,30,32,37,39,45,48,58H,4-6,8-9,11-15,17-18,20-24,29,31,33-36,38,40-44,46-47,49-57H2,1-3H3/b10-7-,19-16-,27-25-,28-26-,32-30-,39-37-,48-45-/t58-/m0/s1. The molecule has 0 amide bonds. The van der Waals surface area contributed by atoms with Crippen LogP contribution in [0.25, 0.3) is 0 Å². The zero-order valence-electron chi connectivity index (χ0n) is 43.9. The van der Waals surface area contributed by atoms with Crippen LogP contribution >= 0.6 is 0 Å². The maximum absolute atomic E-state index is 12.8. The van der Waals surface area contributed by atoms with Crippen molar-refractivity contribution in [3.8, 4) is 0 Å². The van der Waals surface area contributed by atoms with Gasteiger partial charge in [-0.2, -0.15) is 0 Å². The van der Waals surface area contributed by atoms with Crippen LogP contribution in [0.2, 0.25) is 0 Å². The number of carbonyl (C=O) groups excluding carboxylic acids is 3. The second kappa shape index (κ2) is 55.2. The zero-order chi connectivity index (χ0) is 48.6. The first kappa shape index (κ1) is 63.6. The Balaban J connectivity index is 4.47. The molecule has 0 fully saturated rings. The minimum absolute atomic E-state index is 0.100. The fourth-order valence-corrected chi connectivity index (χ4v) is 7.70. The molecule has 67 heavy (non-hydrogen) atoms. The predicted molar refractivity (Wildman–Crippen MR) is 288 cm³/mol. The molecule has 0 heterocycles. The molecule has 0 aliphatic carbocycles. The lowest BCUT2D eigenvalue weighted by Crippen LogP contribution is -2.30. The molecule has 0 saturated carbocycles. The van der Waals surface area contributed by atoms with E-state index in [1.54, 1.807) is 0 Å². The number of carbonyl (C=O) groups is 3. The van der Waals surface area contributed by atoms with Gasteiger partial charge in [-0.05, 0) is 83.5 Å². The van der Waals surface area contributed by atoms with E-state index in [1.807, 2.05) is 6.08 Å². The van der Waals surface area contributed by atoms with Gasteiger partial charge < -0.3 is 14.2 Å². The fraction of sp³-hybridized carbons (Fsp3) is 0.721. The molecule has 0 rings (SSSR count). The SMILES string of the molecule is CC/C=C\C/C=C\C/C=C\C/C=C\C/C=C\C/C=C\CCC(=O)OC[C@H](COC(=O)CCCCCCCCC/C=C\CCCCCCCC)OC(=O)CCCCCCCCCCCCCCC. The van der Waals surface area contributed by atoms with Gasteiger partial charge in [-0.15, -0.1) is 0 Å². The molecule has 0 aromatic rings. The molecule has 0 radical (unpaired) electrons. The van der Waals surface area contributed by atoms with Crippen LogP contribution in [0.5, 0.6) is 0 Å². The molecule has 0 aliphatic rings. The Bertz CT molecular complexity index is 1300. The second-order valence-electron chi connectivity index (χ2n) is 18.5. The molecule has 0 saturated heterocycles. The highest BCUT2D eigenvalue weighted by molar-refractivity contribution is 5.71. The average molecular weight is 933 g/mol. The first-order chi connectivity index (χ1) is 33.0. The normalized spacial score (nSPS) is 12.7. The van der Waals surface area contributed by atoms with Gasteiger partial charge in [0.1, 0.15) is 13.2 Å². The molecule has 0 aromatic heterocycles. The van der Waals surface area contributed by atoms with Gasteiger partial charge in [0.05, 0.1) is 0 Å². The van der Waals surface area contributed by atoms with Gasteiger partial charge in [0.15, 0.2) is 6.10 Å². The molecule has 6 heteroatoms. The zero-order valence-corrected chi connectivity index (χ0v) is 43.9. The Morgan fingerprint density at radius 2 is 0.612 bits per heavy atom. The van der Waals surface area contributed by atoms with E-state index in [2.05, 4.69) is 99.8 Å². The topological polar surface area (TPSA) is 78.9 Å². The molecule has 0 spiro atoms. The maximum atomic E-state index is 12.8. The molecule has 0 aromatic carbocycles. The molecule has 384 valence electrons. The van der Waals surface area contributed by atoms with E-state index in [0.29, 0.717) is 19.3 Å². The molecule has 6 nitrogen and oxygen atoms in total. The fourth-order valence-electron chi connectivity index (χ4n) is 7.70. The summed E-state index contributed by atoms with van der Waals surface area (Å²) in [5.41, 5.74) is 0. The second-order valence-corrected chi connectivity index (χ2v) is 18.5. The highest BCUT2D eigenvalue weighted by atomic mass is 16.6. The summed E-state index contributed by atoms with van der Waals surface area (Å²) in [5, 5.41) is 0. The monoisotopic (exact) mass is 933 g/mol. The largest absolute Gasteiger partial charge is 0.462 e. The molecular formula is C61H104O6. The average Bonchev–Trinajstić information content (AvgIpc) is 3.33. The minimum atomic E-state index is -0.807. The number of unbranched alkanes of at least 4 members (excludes halogenated alkanes) is 25. The third-order valence-electron chi connectivity index (χ3n) is 11.9. The van der Waals surface area contributed by atoms with Crippen LogP contribution in [0.1, 0.15) is 265 Å². The van der Waals surface area contributed by atoms with Crippen molar-refractivity contribution < 1.29 is 28.6 Å². The van der Waals surface area contributed by atoms with E-state index >= 15 is 0 Å². The van der Waals surface area contributed by atoms with Gasteiger partial charge in [0.25, 0.3) is 0 Å². The van der Waals surface area contributed by atoms with Gasteiger partial charge in [-0.25, -0.2) is 0 Å². The number of hydrogen-bond donors (Lipinski definition) is 0. The van der Waals surface area contributed by atoms with Crippen LogP contribution in [0.4, 0.5) is 0 Å². The molecule has 1 atom stereocenters. The van der Waals surface area contributed by atoms with Gasteiger partial charge >= 0.3 is 17.9 Å². The summed E-state index contributed by atoms with van der Waals surface area (Å²) in [6.07, 6.45) is 71.5. The van der Waals surface area contributed by atoms with Crippen LogP contribution in [-0.4, -0.2) is 37.2 Å². The summed E-state index contributed by atoms with van der Waals surface area (Å²) in [5.74, 6) is -0.986. The summed E-state index contributed by atoms with van der Waals surface area (Å²) in [7, 11) is 0. The molecule has 0 aliphatic heterocycles. The number of rotatable bonds is 50. The van der Waals surface area contributed by atoms with E-state index in [1.165, 1.54) is 141 Å². The lowest BCUT2D eigenvalue weighted by molar-refractivity contribution is -0.166. The first-order valence-electron chi connectivity index (χ1n) is 28.1. The molecule has 0 bridgehead atoms. The number of ether oxygens (including phenoxy) is 3. The van der Waals surface area contributed by atoms with Crippen molar-refractivity contribution in [3.63, 3.8) is 0 Å². The molecule has 0 N–H and O–H groups in total. The lowest BCUT2D eigenvalue weighted by atomic mass is 10.0. The van der Waals surface area contributed by atoms with Gasteiger partial charge in [-0.3, -0.25) is 14.4 Å². The number of allylic oxidation sites excluding steroid dienone is 14. The van der Waals surface area contributed by atoms with Crippen molar-refractivity contribution >= 4 is 17.9 Å². The van der Waals surface area contributed by atoms with Gasteiger partial charge in [0, 0.05) is 19.3 Å². The van der Waals surface area contributed by atoms with Crippen molar-refractivity contribution in [2.75, 3.05) is 13.2 Å². The first-order valence-corrected chi connectivity index (χ1v) is 28.1. The predicted octanol–water partition coefficient (Wildman–Crippen LogP) is 18.8. The summed E-state index contributed by atoms with van der Waals surface area (Å²) in [6.45, 7) is 6.46. The Kier molecular flexibility index (Phi) is 52.4. The Hall–Kier alpha value is -3.41. The molecule has 0 unspecified atom stereocenters. The van der Waals surface area contributed by atoms with Crippen LogP contribution in [0.15, 0.2) is 85.1 Å². The van der Waals surface area contributed by atoms with Gasteiger partial charge in [0.2, 0.25) is 0 Å². The highest BCUT2D eigenvalue weighted by Gasteiger charge is 2.19. The van der Waals surface area contributed by atoms with Crippen molar-refractivity contribution in [2.45, 2.75) is 271 Å². The van der Waals surface area contributed by atoms with Crippen LogP contribution in [0, 0.1) is 0 Å². The van der Waals surface area contributed by atoms with E-state index in [4.69, 9.17) is 14.2 Å². The third kappa shape index (κ3) is 53.4. The maximum Gasteiger partial charge on any atom is 0.306 e. The van der Waals surface area contributed by atoms with Crippen molar-refractivity contribution in [1.82, 2.24) is 0 Å². The molecular weight excluding hydrogens is 829 g/mol. The van der Waals surface area contributed by atoms with Crippen molar-refractivity contribution in [3.05, 3.63) is 85.1 Å². The van der Waals surface area contributed by atoms with E-state index in [-0.39, 0.29) is 37.5 Å². The highest BCUT2D eigenvalue weighted by Crippen LogP contribution is 2.15. The Morgan fingerprint density at radius 1 is 0.313 bits per heavy atom. The van der Waals surface area contributed by atoms with Crippen LogP contribution < -0.4 is 0 Å². The summed E-state index contributed by atoms with van der Waals surface area (Å²) in [6, 6.07) is 0. The quantitative estimate of drug-likeness (QED) is 0.0262. The van der Waals surface area contributed by atoms with Crippen LogP contribution in [0.3, 0.4) is 0 Å². The van der Waals surface area contributed by atoms with Crippen LogP contribution in [-0.2, 0) is 28.6 Å².